The molecule has 1 aliphatic carbocycles. The summed E-state index contributed by atoms with van der Waals surface area (Å²) in [5, 5.41) is 14.8. The van der Waals surface area contributed by atoms with E-state index in [9.17, 15) is 4.79 Å². The molecule has 24 heavy (non-hydrogen) atoms. The van der Waals surface area contributed by atoms with E-state index in [2.05, 4.69) is 20.6 Å². The summed E-state index contributed by atoms with van der Waals surface area (Å²) in [7, 11) is 1.64. The lowest BCUT2D eigenvalue weighted by Gasteiger charge is -2.11. The second-order valence-corrected chi connectivity index (χ2v) is 5.73. The van der Waals surface area contributed by atoms with Crippen LogP contribution in [0.25, 0.3) is 0 Å². The molecular weight excluding hydrogens is 308 g/mol. The van der Waals surface area contributed by atoms with Crippen molar-refractivity contribution in [3.05, 3.63) is 41.6 Å². The van der Waals surface area contributed by atoms with Crippen LogP contribution in [0.5, 0.6) is 5.75 Å². The monoisotopic (exact) mass is 328 g/mol. The summed E-state index contributed by atoms with van der Waals surface area (Å²) in [4.78, 5) is 19.5. The van der Waals surface area contributed by atoms with Crippen LogP contribution in [0.15, 0.2) is 30.3 Å². The average molecular weight is 328 g/mol. The van der Waals surface area contributed by atoms with Gasteiger partial charge >= 0.3 is 5.97 Å². The third kappa shape index (κ3) is 4.34. The molecule has 3 rings (SSSR count). The van der Waals surface area contributed by atoms with Crippen LogP contribution >= 0.6 is 0 Å². The number of nitrogens with zero attached hydrogens (tertiary/aromatic N) is 2. The lowest BCUT2D eigenvalue weighted by molar-refractivity contribution is -0.134. The van der Waals surface area contributed by atoms with E-state index in [1.807, 2.05) is 30.3 Å². The van der Waals surface area contributed by atoms with Crippen molar-refractivity contribution in [1.29, 1.82) is 0 Å². The minimum Gasteiger partial charge on any atom is -0.497 e. The number of hydrogen-bond donors (Lipinski definition) is 3. The van der Waals surface area contributed by atoms with Gasteiger partial charge in [-0.15, -0.1) is 0 Å². The number of methoxy groups -OCH3 is 1. The Bertz CT molecular complexity index is 732. The lowest BCUT2D eigenvalue weighted by Crippen LogP contribution is -2.15. The van der Waals surface area contributed by atoms with Gasteiger partial charge in [0.25, 0.3) is 0 Å². The first-order chi connectivity index (χ1) is 11.6. The van der Waals surface area contributed by atoms with Crippen LogP contribution in [0.4, 0.5) is 11.8 Å². The Kier molecular flexibility index (Phi) is 4.79. The van der Waals surface area contributed by atoms with E-state index in [1.54, 1.807) is 7.11 Å². The van der Waals surface area contributed by atoms with E-state index in [0.717, 1.165) is 29.8 Å². The molecule has 7 nitrogen and oxygen atoms in total. The fourth-order valence-corrected chi connectivity index (χ4v) is 2.35. The third-order valence-electron chi connectivity index (χ3n) is 3.75. The highest BCUT2D eigenvalue weighted by atomic mass is 16.5. The first-order valence-corrected chi connectivity index (χ1v) is 7.85. The number of carbonyl (C=O) groups is 1. The molecule has 0 spiro atoms. The SMILES string of the molecule is COc1cccc(CNc2cc(C3CC3)nc(NCC(=O)O)n2)c1. The summed E-state index contributed by atoms with van der Waals surface area (Å²) in [5.74, 6) is 1.34. The van der Waals surface area contributed by atoms with Crippen molar-refractivity contribution in [2.24, 2.45) is 0 Å². The van der Waals surface area contributed by atoms with Crippen molar-refractivity contribution in [2.75, 3.05) is 24.3 Å². The number of carboxylic acid groups (broad SMARTS) is 1. The van der Waals surface area contributed by atoms with E-state index in [4.69, 9.17) is 9.84 Å². The van der Waals surface area contributed by atoms with Crippen molar-refractivity contribution in [1.82, 2.24) is 9.97 Å². The number of aliphatic carboxylic acids is 1. The van der Waals surface area contributed by atoms with Gasteiger partial charge < -0.3 is 20.5 Å². The standard InChI is InChI=1S/C17H20N4O3/c1-24-13-4-2-3-11(7-13)9-18-15-8-14(12-5-6-12)20-17(21-15)19-10-16(22)23/h2-4,7-8,12H,5-6,9-10H2,1H3,(H,22,23)(H2,18,19,20,21). The third-order valence-corrected chi connectivity index (χ3v) is 3.75. The zero-order chi connectivity index (χ0) is 16.9. The van der Waals surface area contributed by atoms with Crippen molar-refractivity contribution in [3.8, 4) is 5.75 Å². The van der Waals surface area contributed by atoms with Crippen molar-refractivity contribution >= 4 is 17.7 Å². The quantitative estimate of drug-likeness (QED) is 0.685. The lowest BCUT2D eigenvalue weighted by atomic mass is 10.2. The smallest absolute Gasteiger partial charge is 0.322 e. The van der Waals surface area contributed by atoms with Crippen LogP contribution in [0.1, 0.15) is 30.0 Å². The summed E-state index contributed by atoms with van der Waals surface area (Å²) in [6.45, 7) is 0.389. The second kappa shape index (κ2) is 7.16. The van der Waals surface area contributed by atoms with Gasteiger partial charge in [0.2, 0.25) is 5.95 Å². The molecule has 0 saturated heterocycles. The summed E-state index contributed by atoms with van der Waals surface area (Å²) < 4.78 is 5.22. The highest BCUT2D eigenvalue weighted by molar-refractivity contribution is 5.72. The Hall–Kier alpha value is -2.83. The normalized spacial score (nSPS) is 13.4. The minimum atomic E-state index is -0.943. The molecule has 1 aromatic heterocycles. The molecular formula is C17H20N4O3. The molecule has 3 N–H and O–H groups in total. The van der Waals surface area contributed by atoms with E-state index in [1.165, 1.54) is 0 Å². The van der Waals surface area contributed by atoms with Crippen LogP contribution in [0.2, 0.25) is 0 Å². The topological polar surface area (TPSA) is 96.4 Å². The van der Waals surface area contributed by atoms with E-state index in [0.29, 0.717) is 24.2 Å². The van der Waals surface area contributed by atoms with Gasteiger partial charge in [-0.2, -0.15) is 4.98 Å². The van der Waals surface area contributed by atoms with Gasteiger partial charge in [-0.25, -0.2) is 4.98 Å². The molecule has 0 bridgehead atoms. The molecule has 0 amide bonds. The number of nitrogens with one attached hydrogen (secondary N) is 2. The molecule has 7 heteroatoms. The predicted molar refractivity (Wildman–Crippen MR) is 90.5 cm³/mol. The molecule has 126 valence electrons. The highest BCUT2D eigenvalue weighted by Crippen LogP contribution is 2.39. The Morgan fingerprint density at radius 2 is 2.12 bits per heavy atom. The molecule has 0 radical (unpaired) electrons. The van der Waals surface area contributed by atoms with Gasteiger partial charge in [-0.05, 0) is 30.5 Å². The highest BCUT2D eigenvalue weighted by Gasteiger charge is 2.26. The molecule has 1 heterocycles. The van der Waals surface area contributed by atoms with Gasteiger partial charge in [-0.3, -0.25) is 4.79 Å². The molecule has 0 atom stereocenters. The number of aromatic nitrogens is 2. The Labute approximate surface area is 140 Å². The molecule has 1 saturated carbocycles. The average Bonchev–Trinajstić information content (AvgIpc) is 3.43. The van der Waals surface area contributed by atoms with Crippen molar-refractivity contribution in [2.45, 2.75) is 25.3 Å². The largest absolute Gasteiger partial charge is 0.497 e. The van der Waals surface area contributed by atoms with E-state index < -0.39 is 5.97 Å². The van der Waals surface area contributed by atoms with Gasteiger partial charge in [0, 0.05) is 18.5 Å². The number of carboxylic acids is 1. The van der Waals surface area contributed by atoms with Crippen molar-refractivity contribution in [3.63, 3.8) is 0 Å². The van der Waals surface area contributed by atoms with Crippen LogP contribution < -0.4 is 15.4 Å². The maximum Gasteiger partial charge on any atom is 0.322 e. The van der Waals surface area contributed by atoms with Gasteiger partial charge in [-0.1, -0.05) is 12.1 Å². The molecule has 0 aliphatic heterocycles. The molecule has 1 aromatic carbocycles. The fourth-order valence-electron chi connectivity index (χ4n) is 2.35. The second-order valence-electron chi connectivity index (χ2n) is 5.73. The number of benzene rings is 1. The number of ether oxygens (including phenoxy) is 1. The summed E-state index contributed by atoms with van der Waals surface area (Å²) >= 11 is 0. The molecule has 1 fully saturated rings. The molecule has 0 unspecified atom stereocenters. The fraction of sp³-hybridized carbons (Fsp3) is 0.353. The molecule has 1 aliphatic rings. The van der Waals surface area contributed by atoms with Crippen LogP contribution in [0.3, 0.4) is 0 Å². The first-order valence-electron chi connectivity index (χ1n) is 7.85. The Balaban J connectivity index is 1.72. The van der Waals surface area contributed by atoms with E-state index in [-0.39, 0.29) is 6.54 Å². The zero-order valence-electron chi connectivity index (χ0n) is 13.5. The Morgan fingerprint density at radius 3 is 2.83 bits per heavy atom. The maximum atomic E-state index is 10.7. The number of rotatable bonds is 8. The molecule has 2 aromatic rings. The Morgan fingerprint density at radius 1 is 1.29 bits per heavy atom. The zero-order valence-corrected chi connectivity index (χ0v) is 13.5. The summed E-state index contributed by atoms with van der Waals surface area (Å²) in [6, 6.07) is 9.73. The van der Waals surface area contributed by atoms with Crippen LogP contribution in [-0.4, -0.2) is 34.7 Å². The minimum absolute atomic E-state index is 0.205. The first kappa shape index (κ1) is 16.0. The van der Waals surface area contributed by atoms with E-state index >= 15 is 0 Å². The van der Waals surface area contributed by atoms with Crippen molar-refractivity contribution < 1.29 is 14.6 Å². The van der Waals surface area contributed by atoms with Crippen LogP contribution in [0, 0.1) is 0 Å². The summed E-state index contributed by atoms with van der Waals surface area (Å²) in [6.07, 6.45) is 2.23. The maximum absolute atomic E-state index is 10.7. The summed E-state index contributed by atoms with van der Waals surface area (Å²) in [5.41, 5.74) is 2.02. The van der Waals surface area contributed by atoms with Crippen LogP contribution in [-0.2, 0) is 11.3 Å². The van der Waals surface area contributed by atoms with Gasteiger partial charge in [0.05, 0.1) is 12.8 Å². The number of hydrogen-bond acceptors (Lipinski definition) is 6. The van der Waals surface area contributed by atoms with Gasteiger partial charge in [0.15, 0.2) is 0 Å². The number of anilines is 2. The predicted octanol–water partition coefficient (Wildman–Crippen LogP) is 2.47. The van der Waals surface area contributed by atoms with Gasteiger partial charge in [0.1, 0.15) is 18.1 Å².